The zero-order chi connectivity index (χ0) is 37.2. The lowest BCUT2D eigenvalue weighted by Crippen LogP contribution is -2.51. The highest BCUT2D eigenvalue weighted by Crippen LogP contribution is 2.20. The second kappa shape index (κ2) is 19.9. The van der Waals surface area contributed by atoms with E-state index in [0.717, 1.165) is 48.4 Å². The van der Waals surface area contributed by atoms with E-state index in [0.29, 0.717) is 46.8 Å². The predicted octanol–water partition coefficient (Wildman–Crippen LogP) is 7.80. The minimum Gasteiger partial charge on any atom is -0.478 e. The molecule has 278 valence electrons. The lowest BCUT2D eigenvalue weighted by Gasteiger charge is -2.35. The SMILES string of the molecule is Cc1cc(C(=O)N2CCN(C(=O)OC(C)(C)C)CC2)ccc1Cl.Cc1cc(C(=O)N2CCNCC2)ccc1Cl.Cc1cc(C(=O)O)ccc1Cl.Cl. The molecular formula is C37H46Cl4N4O6. The number of piperazine rings is 2. The topological polar surface area (TPSA) is 119 Å². The van der Waals surface area contributed by atoms with Crippen LogP contribution in [0.15, 0.2) is 54.6 Å². The van der Waals surface area contributed by atoms with E-state index in [-0.39, 0.29) is 35.9 Å². The fourth-order valence-electron chi connectivity index (χ4n) is 4.98. The third kappa shape index (κ3) is 13.5. The molecule has 0 aliphatic carbocycles. The molecule has 2 heterocycles. The maximum absolute atomic E-state index is 12.5. The van der Waals surface area contributed by atoms with Crippen LogP contribution in [-0.4, -0.2) is 102 Å². The van der Waals surface area contributed by atoms with Gasteiger partial charge in [-0.2, -0.15) is 0 Å². The number of carbonyl (C=O) groups excluding carboxylic acids is 3. The van der Waals surface area contributed by atoms with Crippen molar-refractivity contribution < 1.29 is 29.0 Å². The number of carbonyl (C=O) groups is 4. The van der Waals surface area contributed by atoms with Gasteiger partial charge < -0.3 is 29.9 Å². The van der Waals surface area contributed by atoms with Crippen molar-refractivity contribution in [2.24, 2.45) is 0 Å². The Labute approximate surface area is 321 Å². The lowest BCUT2D eigenvalue weighted by atomic mass is 10.1. The van der Waals surface area contributed by atoms with Crippen LogP contribution in [0.5, 0.6) is 0 Å². The van der Waals surface area contributed by atoms with E-state index in [1.807, 2.05) is 45.6 Å². The quantitative estimate of drug-likeness (QED) is 0.278. The largest absolute Gasteiger partial charge is 0.478 e. The average Bonchev–Trinajstić information content (AvgIpc) is 3.08. The van der Waals surface area contributed by atoms with Gasteiger partial charge in [-0.05, 0) is 113 Å². The van der Waals surface area contributed by atoms with Crippen molar-refractivity contribution >= 4 is 71.1 Å². The molecule has 0 aromatic heterocycles. The first kappa shape index (κ1) is 43.6. The smallest absolute Gasteiger partial charge is 0.410 e. The summed E-state index contributed by atoms with van der Waals surface area (Å²) in [6.07, 6.45) is -0.327. The molecule has 14 heteroatoms. The third-order valence-corrected chi connectivity index (χ3v) is 9.11. The summed E-state index contributed by atoms with van der Waals surface area (Å²) in [5.74, 6) is -0.861. The van der Waals surface area contributed by atoms with Gasteiger partial charge in [0, 0.05) is 78.6 Å². The summed E-state index contributed by atoms with van der Waals surface area (Å²) in [7, 11) is 0. The van der Waals surface area contributed by atoms with Gasteiger partial charge in [-0.15, -0.1) is 12.4 Å². The number of aromatic carboxylic acids is 1. The van der Waals surface area contributed by atoms with Crippen molar-refractivity contribution in [2.75, 3.05) is 52.4 Å². The molecule has 2 N–H and O–H groups in total. The fraction of sp³-hybridized carbons (Fsp3) is 0.405. The zero-order valence-electron chi connectivity index (χ0n) is 29.7. The molecule has 0 unspecified atom stereocenters. The molecule has 0 radical (unpaired) electrons. The fourth-order valence-corrected chi connectivity index (χ4v) is 5.34. The molecule has 3 aromatic rings. The minimum atomic E-state index is -0.926. The highest BCUT2D eigenvalue weighted by molar-refractivity contribution is 6.32. The standard InChI is InChI=1S/C17H23ClN2O3.C12H15ClN2O.C8H7ClO2.ClH/c1-12-11-13(5-6-14(12)18)15(21)19-7-9-20(10-8-19)16(22)23-17(2,3)4;1-9-8-10(2-3-11(9)13)12(16)15-6-4-14-5-7-15;1-5-4-6(8(10)11)2-3-7(5)9;/h5-6,11H,7-10H2,1-4H3;2-3,8,14H,4-7H2,1H3;2-4H,1H3,(H,10,11);1H. The molecule has 0 spiro atoms. The molecule has 0 bridgehead atoms. The highest BCUT2D eigenvalue weighted by atomic mass is 35.5. The van der Waals surface area contributed by atoms with E-state index in [2.05, 4.69) is 5.32 Å². The maximum Gasteiger partial charge on any atom is 0.410 e. The number of hydrogen-bond donors (Lipinski definition) is 2. The average molecular weight is 785 g/mol. The van der Waals surface area contributed by atoms with Gasteiger partial charge >= 0.3 is 12.1 Å². The highest BCUT2D eigenvalue weighted by Gasteiger charge is 2.28. The number of ether oxygens (including phenoxy) is 1. The second-order valence-electron chi connectivity index (χ2n) is 13.0. The molecule has 0 saturated carbocycles. The van der Waals surface area contributed by atoms with Crippen LogP contribution in [0.25, 0.3) is 0 Å². The number of nitrogens with one attached hydrogen (secondary N) is 1. The molecule has 3 amide bonds. The molecule has 3 aromatic carbocycles. The number of halogens is 4. The summed E-state index contributed by atoms with van der Waals surface area (Å²) in [6.45, 7) is 16.3. The number of benzene rings is 3. The molecule has 10 nitrogen and oxygen atoms in total. The minimum absolute atomic E-state index is 0. The number of amides is 3. The summed E-state index contributed by atoms with van der Waals surface area (Å²) >= 11 is 17.6. The van der Waals surface area contributed by atoms with Crippen molar-refractivity contribution in [3.63, 3.8) is 0 Å². The van der Waals surface area contributed by atoms with Gasteiger partial charge in [0.05, 0.1) is 5.56 Å². The zero-order valence-corrected chi connectivity index (χ0v) is 32.8. The number of rotatable bonds is 3. The summed E-state index contributed by atoms with van der Waals surface area (Å²) in [5.41, 5.74) is 3.72. The van der Waals surface area contributed by atoms with Gasteiger partial charge in [-0.25, -0.2) is 9.59 Å². The van der Waals surface area contributed by atoms with Gasteiger partial charge in [0.25, 0.3) is 11.8 Å². The number of carboxylic acids is 1. The van der Waals surface area contributed by atoms with Crippen molar-refractivity contribution in [3.8, 4) is 0 Å². The Morgan fingerprint density at radius 1 is 0.627 bits per heavy atom. The van der Waals surface area contributed by atoms with E-state index in [1.165, 1.54) is 6.07 Å². The van der Waals surface area contributed by atoms with Gasteiger partial charge in [-0.1, -0.05) is 34.8 Å². The van der Waals surface area contributed by atoms with Gasteiger partial charge in [0.15, 0.2) is 0 Å². The van der Waals surface area contributed by atoms with Crippen LogP contribution in [0.4, 0.5) is 4.79 Å². The van der Waals surface area contributed by atoms with E-state index in [4.69, 9.17) is 44.6 Å². The molecule has 2 aliphatic heterocycles. The van der Waals surface area contributed by atoms with Crippen LogP contribution < -0.4 is 5.32 Å². The number of aryl methyl sites for hydroxylation is 3. The summed E-state index contributed by atoms with van der Waals surface area (Å²) < 4.78 is 5.36. The first-order valence-electron chi connectivity index (χ1n) is 16.3. The van der Waals surface area contributed by atoms with Gasteiger partial charge in [0.1, 0.15) is 5.60 Å². The Morgan fingerprint density at radius 2 is 0.980 bits per heavy atom. The van der Waals surface area contributed by atoms with Crippen LogP contribution >= 0.6 is 47.2 Å². The Bertz CT molecular complexity index is 1680. The maximum atomic E-state index is 12.5. The lowest BCUT2D eigenvalue weighted by molar-refractivity contribution is 0.0140. The van der Waals surface area contributed by atoms with E-state index in [9.17, 15) is 19.2 Å². The normalized spacial score (nSPS) is 14.2. The first-order valence-corrected chi connectivity index (χ1v) is 17.4. The van der Waals surface area contributed by atoms with Crippen molar-refractivity contribution in [1.29, 1.82) is 0 Å². The predicted molar refractivity (Wildman–Crippen MR) is 205 cm³/mol. The van der Waals surface area contributed by atoms with Crippen molar-refractivity contribution in [3.05, 3.63) is 103 Å². The molecule has 2 aliphatic rings. The van der Waals surface area contributed by atoms with Crippen molar-refractivity contribution in [1.82, 2.24) is 20.0 Å². The van der Waals surface area contributed by atoms with Crippen LogP contribution in [0.1, 0.15) is 68.5 Å². The summed E-state index contributed by atoms with van der Waals surface area (Å²) in [6, 6.07) is 15.3. The van der Waals surface area contributed by atoms with E-state index >= 15 is 0 Å². The van der Waals surface area contributed by atoms with E-state index < -0.39 is 11.6 Å². The van der Waals surface area contributed by atoms with Gasteiger partial charge in [0.2, 0.25) is 0 Å². The summed E-state index contributed by atoms with van der Waals surface area (Å²) in [4.78, 5) is 52.4. The summed E-state index contributed by atoms with van der Waals surface area (Å²) in [5, 5.41) is 13.7. The van der Waals surface area contributed by atoms with E-state index in [1.54, 1.807) is 59.2 Å². The third-order valence-electron chi connectivity index (χ3n) is 7.84. The number of nitrogens with zero attached hydrogens (tertiary/aromatic N) is 3. The monoisotopic (exact) mass is 782 g/mol. The van der Waals surface area contributed by atoms with Crippen LogP contribution in [0.3, 0.4) is 0 Å². The molecule has 51 heavy (non-hydrogen) atoms. The Morgan fingerprint density at radius 3 is 1.35 bits per heavy atom. The molecule has 0 atom stereocenters. The second-order valence-corrected chi connectivity index (χ2v) is 14.2. The number of hydrogen-bond acceptors (Lipinski definition) is 6. The molecule has 2 saturated heterocycles. The Balaban J connectivity index is 0.000000280. The Hall–Kier alpha value is -3.54. The molecule has 5 rings (SSSR count). The molecule has 2 fully saturated rings. The number of carboxylic acid groups (broad SMARTS) is 1. The van der Waals surface area contributed by atoms with Crippen LogP contribution in [-0.2, 0) is 4.74 Å². The van der Waals surface area contributed by atoms with Crippen molar-refractivity contribution in [2.45, 2.75) is 47.1 Å². The van der Waals surface area contributed by atoms with Gasteiger partial charge in [-0.3, -0.25) is 9.59 Å². The van der Waals surface area contributed by atoms with Crippen LogP contribution in [0, 0.1) is 20.8 Å². The Kier molecular flexibility index (Phi) is 17.0. The van der Waals surface area contributed by atoms with Crippen LogP contribution in [0.2, 0.25) is 15.1 Å². The molecular weight excluding hydrogens is 738 g/mol. The first-order chi connectivity index (χ1) is 23.5.